The molecule has 0 radical (unpaired) electrons. The number of hydrogen-bond acceptors (Lipinski definition) is 3. The van der Waals surface area contributed by atoms with Gasteiger partial charge in [-0.05, 0) is 43.7 Å². The fourth-order valence-corrected chi connectivity index (χ4v) is 4.02. The number of hydrogen-bond donors (Lipinski definition) is 2. The molecular weight excluding hydrogens is 282 g/mol. The van der Waals surface area contributed by atoms with Gasteiger partial charge in [-0.15, -0.1) is 11.3 Å². The molecule has 21 heavy (non-hydrogen) atoms. The first kappa shape index (κ1) is 14.3. The monoisotopic (exact) mass is 303 g/mol. The van der Waals surface area contributed by atoms with Gasteiger partial charge in [0.25, 0.3) is 5.91 Å². The van der Waals surface area contributed by atoms with Gasteiger partial charge in [0.2, 0.25) is 0 Å². The molecule has 1 aliphatic carbocycles. The van der Waals surface area contributed by atoms with Crippen molar-refractivity contribution in [3.8, 4) is 0 Å². The highest BCUT2D eigenvalue weighted by Crippen LogP contribution is 2.33. The molecule has 0 aliphatic heterocycles. The van der Waals surface area contributed by atoms with E-state index in [1.807, 2.05) is 13.1 Å². The summed E-state index contributed by atoms with van der Waals surface area (Å²) in [4.78, 5) is 14.6. The number of nitrogens with one attached hydrogen (secondary N) is 2. The number of aromatic amines is 1. The summed E-state index contributed by atoms with van der Waals surface area (Å²) in [6, 6.07) is 2.07. The first-order valence-electron chi connectivity index (χ1n) is 7.58. The topological polar surface area (TPSA) is 57.8 Å². The number of aromatic nitrogens is 2. The lowest BCUT2D eigenvalue weighted by molar-refractivity contribution is 0.0944. The molecule has 4 nitrogen and oxygen atoms in total. The summed E-state index contributed by atoms with van der Waals surface area (Å²) in [6.07, 6.45) is 8.31. The van der Waals surface area contributed by atoms with Crippen LogP contribution in [0.15, 0.2) is 18.5 Å². The number of carbonyl (C=O) groups excluding carboxylic acids is 1. The lowest BCUT2D eigenvalue weighted by atomic mass is 9.87. The first-order valence-corrected chi connectivity index (χ1v) is 8.40. The summed E-state index contributed by atoms with van der Waals surface area (Å²) in [5.74, 6) is 0.809. The van der Waals surface area contributed by atoms with Crippen LogP contribution in [0.2, 0.25) is 0 Å². The minimum atomic E-state index is -0.0289. The van der Waals surface area contributed by atoms with E-state index in [2.05, 4.69) is 28.5 Å². The minimum absolute atomic E-state index is 0.0242. The third-order valence-electron chi connectivity index (χ3n) is 4.35. The molecule has 0 saturated heterocycles. The van der Waals surface area contributed by atoms with E-state index < -0.39 is 0 Å². The van der Waals surface area contributed by atoms with Crippen LogP contribution < -0.4 is 5.32 Å². The van der Waals surface area contributed by atoms with Crippen LogP contribution in [0.3, 0.4) is 0 Å². The SMILES string of the molecule is CCC1CCc2sc(C(=O)NC(C)c3cn[nH]c3)cc2C1. The van der Waals surface area contributed by atoms with Gasteiger partial charge in [0.1, 0.15) is 0 Å². The van der Waals surface area contributed by atoms with Crippen molar-refractivity contribution in [3.05, 3.63) is 39.3 Å². The second kappa shape index (κ2) is 6.02. The standard InChI is InChI=1S/C16H21N3OS/c1-3-11-4-5-14-12(6-11)7-15(21-14)16(20)19-10(2)13-8-17-18-9-13/h7-11H,3-6H2,1-2H3,(H,17,18)(H,19,20). The van der Waals surface area contributed by atoms with Crippen LogP contribution in [-0.4, -0.2) is 16.1 Å². The molecule has 5 heteroatoms. The van der Waals surface area contributed by atoms with E-state index in [9.17, 15) is 4.79 Å². The maximum atomic E-state index is 12.4. The zero-order valence-electron chi connectivity index (χ0n) is 12.5. The molecule has 2 unspecified atom stereocenters. The van der Waals surface area contributed by atoms with Gasteiger partial charge in [0.15, 0.2) is 0 Å². The Kier molecular flexibility index (Phi) is 4.10. The predicted octanol–water partition coefficient (Wildman–Crippen LogP) is 3.48. The predicted molar refractivity (Wildman–Crippen MR) is 84.6 cm³/mol. The maximum Gasteiger partial charge on any atom is 0.261 e. The summed E-state index contributed by atoms with van der Waals surface area (Å²) in [7, 11) is 0. The zero-order valence-corrected chi connectivity index (χ0v) is 13.3. The molecule has 1 aliphatic rings. The van der Waals surface area contributed by atoms with Crippen LogP contribution in [0.5, 0.6) is 0 Å². The zero-order chi connectivity index (χ0) is 14.8. The van der Waals surface area contributed by atoms with E-state index in [1.165, 1.54) is 23.3 Å². The van der Waals surface area contributed by atoms with E-state index in [-0.39, 0.29) is 11.9 Å². The fourth-order valence-electron chi connectivity index (χ4n) is 2.91. The van der Waals surface area contributed by atoms with Crippen LogP contribution in [0.4, 0.5) is 0 Å². The van der Waals surface area contributed by atoms with Gasteiger partial charge in [-0.1, -0.05) is 13.3 Å². The van der Waals surface area contributed by atoms with Gasteiger partial charge in [-0.25, -0.2) is 0 Å². The molecule has 3 rings (SSSR count). The molecule has 0 spiro atoms. The number of rotatable bonds is 4. The number of nitrogens with zero attached hydrogens (tertiary/aromatic N) is 1. The van der Waals surface area contributed by atoms with Gasteiger partial charge in [-0.2, -0.15) is 5.10 Å². The van der Waals surface area contributed by atoms with E-state index in [1.54, 1.807) is 17.5 Å². The largest absolute Gasteiger partial charge is 0.345 e. The van der Waals surface area contributed by atoms with Gasteiger partial charge >= 0.3 is 0 Å². The summed E-state index contributed by atoms with van der Waals surface area (Å²) in [5.41, 5.74) is 2.38. The van der Waals surface area contributed by atoms with E-state index >= 15 is 0 Å². The average Bonchev–Trinajstić information content (AvgIpc) is 3.15. The Bertz CT molecular complexity index is 618. The molecule has 0 saturated carbocycles. The molecule has 0 aromatic carbocycles. The first-order chi connectivity index (χ1) is 10.2. The third-order valence-corrected chi connectivity index (χ3v) is 5.59. The Morgan fingerprint density at radius 1 is 1.62 bits per heavy atom. The lowest BCUT2D eigenvalue weighted by Crippen LogP contribution is -2.25. The highest BCUT2D eigenvalue weighted by Gasteiger charge is 2.22. The van der Waals surface area contributed by atoms with Crippen molar-refractivity contribution in [2.75, 3.05) is 0 Å². The van der Waals surface area contributed by atoms with Crippen molar-refractivity contribution in [2.45, 2.75) is 45.6 Å². The highest BCUT2D eigenvalue weighted by atomic mass is 32.1. The van der Waals surface area contributed by atoms with Crippen molar-refractivity contribution in [1.82, 2.24) is 15.5 Å². The van der Waals surface area contributed by atoms with Crippen molar-refractivity contribution >= 4 is 17.2 Å². The van der Waals surface area contributed by atoms with Gasteiger partial charge in [-0.3, -0.25) is 9.89 Å². The Hall–Kier alpha value is -1.62. The normalized spacial score (nSPS) is 19.0. The number of aryl methyl sites for hydroxylation is 1. The molecular formula is C16H21N3OS. The van der Waals surface area contributed by atoms with E-state index in [0.717, 1.165) is 29.2 Å². The maximum absolute atomic E-state index is 12.4. The molecule has 2 heterocycles. The molecule has 2 atom stereocenters. The second-order valence-corrected chi connectivity index (χ2v) is 6.94. The molecule has 112 valence electrons. The summed E-state index contributed by atoms with van der Waals surface area (Å²) < 4.78 is 0. The average molecular weight is 303 g/mol. The highest BCUT2D eigenvalue weighted by molar-refractivity contribution is 7.14. The van der Waals surface area contributed by atoms with Crippen molar-refractivity contribution in [3.63, 3.8) is 0 Å². The molecule has 0 fully saturated rings. The fraction of sp³-hybridized carbons (Fsp3) is 0.500. The van der Waals surface area contributed by atoms with Crippen LogP contribution in [0, 0.1) is 5.92 Å². The summed E-state index contributed by atoms with van der Waals surface area (Å²) in [5, 5.41) is 9.74. The lowest BCUT2D eigenvalue weighted by Gasteiger charge is -2.19. The number of fused-ring (bicyclic) bond motifs is 1. The Morgan fingerprint density at radius 2 is 2.48 bits per heavy atom. The number of thiophene rings is 1. The Labute approximate surface area is 129 Å². The van der Waals surface area contributed by atoms with Crippen molar-refractivity contribution in [2.24, 2.45) is 5.92 Å². The van der Waals surface area contributed by atoms with E-state index in [0.29, 0.717) is 0 Å². The van der Waals surface area contributed by atoms with Gasteiger partial charge < -0.3 is 5.32 Å². The van der Waals surface area contributed by atoms with Gasteiger partial charge in [0.05, 0.1) is 17.1 Å². The molecule has 2 aromatic rings. The van der Waals surface area contributed by atoms with Gasteiger partial charge in [0, 0.05) is 16.6 Å². The van der Waals surface area contributed by atoms with Crippen LogP contribution in [-0.2, 0) is 12.8 Å². The van der Waals surface area contributed by atoms with Crippen molar-refractivity contribution in [1.29, 1.82) is 0 Å². The number of carbonyl (C=O) groups is 1. The summed E-state index contributed by atoms with van der Waals surface area (Å²) >= 11 is 1.66. The molecule has 2 aromatic heterocycles. The number of amides is 1. The quantitative estimate of drug-likeness (QED) is 0.908. The molecule has 0 bridgehead atoms. The van der Waals surface area contributed by atoms with Crippen LogP contribution in [0.1, 0.15) is 58.4 Å². The van der Waals surface area contributed by atoms with Crippen LogP contribution in [0.25, 0.3) is 0 Å². The van der Waals surface area contributed by atoms with Crippen molar-refractivity contribution < 1.29 is 4.79 Å². The number of H-pyrrole nitrogens is 1. The molecule has 2 N–H and O–H groups in total. The second-order valence-electron chi connectivity index (χ2n) is 5.80. The Balaban J connectivity index is 1.70. The molecule has 1 amide bonds. The Morgan fingerprint density at radius 3 is 3.19 bits per heavy atom. The summed E-state index contributed by atoms with van der Waals surface area (Å²) in [6.45, 7) is 4.23. The van der Waals surface area contributed by atoms with Crippen LogP contribution >= 0.6 is 11.3 Å². The third kappa shape index (κ3) is 3.02. The smallest absolute Gasteiger partial charge is 0.261 e. The van der Waals surface area contributed by atoms with E-state index in [4.69, 9.17) is 0 Å². The minimum Gasteiger partial charge on any atom is -0.345 e.